The molecule has 0 fully saturated rings. The summed E-state index contributed by atoms with van der Waals surface area (Å²) in [6.07, 6.45) is 0.866. The van der Waals surface area contributed by atoms with Crippen LogP contribution in [-0.2, 0) is 13.0 Å². The van der Waals surface area contributed by atoms with Crippen LogP contribution < -0.4 is 9.47 Å². The molecular weight excluding hydrogens is 332 g/mol. The first-order valence-corrected chi connectivity index (χ1v) is 7.66. The van der Waals surface area contributed by atoms with Crippen molar-refractivity contribution in [3.05, 3.63) is 52.0 Å². The fourth-order valence-electron chi connectivity index (χ4n) is 2.54. The van der Waals surface area contributed by atoms with Crippen molar-refractivity contribution in [3.8, 4) is 17.2 Å². The van der Waals surface area contributed by atoms with E-state index in [9.17, 15) is 5.11 Å². The van der Waals surface area contributed by atoms with Gasteiger partial charge in [-0.05, 0) is 32.0 Å². The van der Waals surface area contributed by atoms with Crippen LogP contribution in [0.1, 0.15) is 25.0 Å². The Morgan fingerprint density at radius 2 is 2.05 bits per heavy atom. The van der Waals surface area contributed by atoms with Gasteiger partial charge in [0.2, 0.25) is 0 Å². The minimum absolute atomic E-state index is 0.0655. The summed E-state index contributed by atoms with van der Waals surface area (Å²) in [7, 11) is 0. The third-order valence-corrected chi connectivity index (χ3v) is 3.97. The molecule has 1 heterocycles. The number of benzene rings is 2. The zero-order chi connectivity index (χ0) is 15.0. The number of aliphatic hydroxyl groups is 1. The van der Waals surface area contributed by atoms with Crippen LogP contribution in [0.3, 0.4) is 0 Å². The second kappa shape index (κ2) is 5.35. The van der Waals surface area contributed by atoms with E-state index in [-0.39, 0.29) is 12.2 Å². The van der Waals surface area contributed by atoms with Crippen LogP contribution in [0, 0.1) is 0 Å². The molecule has 3 rings (SSSR count). The third kappa shape index (κ3) is 2.92. The number of rotatable bonds is 3. The summed E-state index contributed by atoms with van der Waals surface area (Å²) in [5.41, 5.74) is 1.69. The van der Waals surface area contributed by atoms with E-state index in [2.05, 4.69) is 35.8 Å². The number of hydrogen-bond acceptors (Lipinski definition) is 3. The quantitative estimate of drug-likeness (QED) is 0.890. The number of fused-ring (bicyclic) bond motifs is 1. The Hall–Kier alpha value is -1.52. The average molecular weight is 349 g/mol. The van der Waals surface area contributed by atoms with Gasteiger partial charge in [0, 0.05) is 22.0 Å². The Bertz CT molecular complexity index is 680. The molecule has 1 N–H and O–H groups in total. The van der Waals surface area contributed by atoms with Crippen LogP contribution in [0.25, 0.3) is 0 Å². The van der Waals surface area contributed by atoms with Crippen LogP contribution in [0.15, 0.2) is 40.9 Å². The van der Waals surface area contributed by atoms with E-state index in [1.807, 2.05) is 30.3 Å². The minimum atomic E-state index is -0.209. The van der Waals surface area contributed by atoms with Gasteiger partial charge >= 0.3 is 0 Å². The van der Waals surface area contributed by atoms with E-state index in [1.165, 1.54) is 0 Å². The fraction of sp³-hybridized carbons (Fsp3) is 0.294. The number of halogens is 1. The van der Waals surface area contributed by atoms with Crippen molar-refractivity contribution in [1.29, 1.82) is 0 Å². The molecule has 4 heteroatoms. The van der Waals surface area contributed by atoms with Gasteiger partial charge in [-0.1, -0.05) is 34.1 Å². The Kier molecular flexibility index (Phi) is 3.68. The molecule has 0 saturated heterocycles. The molecule has 0 bridgehead atoms. The van der Waals surface area contributed by atoms with Crippen molar-refractivity contribution in [2.24, 2.45) is 0 Å². The highest BCUT2D eigenvalue weighted by molar-refractivity contribution is 9.10. The summed E-state index contributed by atoms with van der Waals surface area (Å²) in [4.78, 5) is 0. The van der Waals surface area contributed by atoms with Gasteiger partial charge in [-0.15, -0.1) is 0 Å². The maximum atomic E-state index is 9.44. The molecule has 21 heavy (non-hydrogen) atoms. The highest BCUT2D eigenvalue weighted by Gasteiger charge is 2.32. The van der Waals surface area contributed by atoms with Crippen molar-refractivity contribution in [2.45, 2.75) is 32.5 Å². The molecule has 0 aromatic heterocycles. The predicted octanol–water partition coefficient (Wildman–Crippen LogP) is 4.45. The summed E-state index contributed by atoms with van der Waals surface area (Å²) < 4.78 is 12.9. The van der Waals surface area contributed by atoms with Gasteiger partial charge in [0.15, 0.2) is 11.5 Å². The zero-order valence-electron chi connectivity index (χ0n) is 12.0. The molecule has 0 aliphatic carbocycles. The summed E-state index contributed by atoms with van der Waals surface area (Å²) in [5, 5.41) is 9.44. The number of hydrogen-bond donors (Lipinski definition) is 1. The first-order chi connectivity index (χ1) is 9.98. The summed E-state index contributed by atoms with van der Waals surface area (Å²) in [5.74, 6) is 2.12. The molecule has 0 amide bonds. The zero-order valence-corrected chi connectivity index (χ0v) is 13.6. The van der Waals surface area contributed by atoms with E-state index in [0.29, 0.717) is 11.5 Å². The topological polar surface area (TPSA) is 38.7 Å². The third-order valence-electron chi connectivity index (χ3n) is 3.47. The molecule has 0 atom stereocenters. The van der Waals surface area contributed by atoms with Gasteiger partial charge in [-0.25, -0.2) is 0 Å². The molecule has 2 aromatic rings. The van der Waals surface area contributed by atoms with E-state index >= 15 is 0 Å². The largest absolute Gasteiger partial charge is 0.483 e. The lowest BCUT2D eigenvalue weighted by Crippen LogP contribution is -2.24. The summed E-state index contributed by atoms with van der Waals surface area (Å²) in [6.45, 7) is 4.06. The molecule has 1 aliphatic rings. The first kappa shape index (κ1) is 14.4. The van der Waals surface area contributed by atoms with Crippen LogP contribution >= 0.6 is 15.9 Å². The van der Waals surface area contributed by atoms with E-state index in [0.717, 1.165) is 27.8 Å². The second-order valence-electron chi connectivity index (χ2n) is 5.80. The Labute approximate surface area is 132 Å². The Morgan fingerprint density at radius 1 is 1.24 bits per heavy atom. The number of ether oxygens (including phenoxy) is 2. The fourth-order valence-corrected chi connectivity index (χ4v) is 2.88. The van der Waals surface area contributed by atoms with Crippen molar-refractivity contribution in [1.82, 2.24) is 0 Å². The maximum Gasteiger partial charge on any atom is 0.169 e. The standard InChI is InChI=1S/C17H17BrO3/c1-17(2)9-11-4-3-5-14(16(11)21-17)20-15-8-13(18)7-6-12(15)10-19/h3-8,19H,9-10H2,1-2H3. The molecular formula is C17H17BrO3. The summed E-state index contributed by atoms with van der Waals surface area (Å²) >= 11 is 3.43. The molecule has 0 saturated carbocycles. The van der Waals surface area contributed by atoms with Gasteiger partial charge in [0.25, 0.3) is 0 Å². The van der Waals surface area contributed by atoms with E-state index in [1.54, 1.807) is 0 Å². The predicted molar refractivity (Wildman–Crippen MR) is 85.0 cm³/mol. The van der Waals surface area contributed by atoms with Crippen molar-refractivity contribution in [3.63, 3.8) is 0 Å². The van der Waals surface area contributed by atoms with Crippen LogP contribution in [0.5, 0.6) is 17.2 Å². The molecule has 2 aromatic carbocycles. The van der Waals surface area contributed by atoms with Crippen molar-refractivity contribution >= 4 is 15.9 Å². The molecule has 110 valence electrons. The van der Waals surface area contributed by atoms with Gasteiger partial charge in [-0.2, -0.15) is 0 Å². The van der Waals surface area contributed by atoms with E-state index < -0.39 is 0 Å². The Balaban J connectivity index is 1.98. The van der Waals surface area contributed by atoms with Crippen molar-refractivity contribution in [2.75, 3.05) is 0 Å². The number of para-hydroxylation sites is 1. The molecule has 0 spiro atoms. The first-order valence-electron chi connectivity index (χ1n) is 6.86. The molecule has 0 unspecified atom stereocenters. The SMILES string of the molecule is CC1(C)Cc2cccc(Oc3cc(Br)ccc3CO)c2O1. The average Bonchev–Trinajstić information content (AvgIpc) is 2.74. The van der Waals surface area contributed by atoms with Crippen molar-refractivity contribution < 1.29 is 14.6 Å². The highest BCUT2D eigenvalue weighted by atomic mass is 79.9. The highest BCUT2D eigenvalue weighted by Crippen LogP contribution is 2.44. The van der Waals surface area contributed by atoms with Crippen LogP contribution in [0.4, 0.5) is 0 Å². The Morgan fingerprint density at radius 3 is 2.81 bits per heavy atom. The molecule has 3 nitrogen and oxygen atoms in total. The van der Waals surface area contributed by atoms with Gasteiger partial charge in [-0.3, -0.25) is 0 Å². The molecule has 1 aliphatic heterocycles. The lowest BCUT2D eigenvalue weighted by Gasteiger charge is -2.18. The maximum absolute atomic E-state index is 9.44. The normalized spacial score (nSPS) is 15.4. The van der Waals surface area contributed by atoms with Gasteiger partial charge in [0.1, 0.15) is 11.4 Å². The lowest BCUT2D eigenvalue weighted by molar-refractivity contribution is 0.135. The minimum Gasteiger partial charge on any atom is -0.483 e. The lowest BCUT2D eigenvalue weighted by atomic mass is 10.0. The number of aliphatic hydroxyl groups excluding tert-OH is 1. The van der Waals surface area contributed by atoms with Crippen LogP contribution in [0.2, 0.25) is 0 Å². The van der Waals surface area contributed by atoms with Crippen LogP contribution in [-0.4, -0.2) is 10.7 Å². The van der Waals surface area contributed by atoms with Gasteiger partial charge in [0.05, 0.1) is 6.61 Å². The smallest absolute Gasteiger partial charge is 0.169 e. The van der Waals surface area contributed by atoms with E-state index in [4.69, 9.17) is 9.47 Å². The monoisotopic (exact) mass is 348 g/mol. The van der Waals surface area contributed by atoms with Gasteiger partial charge < -0.3 is 14.6 Å². The summed E-state index contributed by atoms with van der Waals surface area (Å²) in [6, 6.07) is 11.5. The molecule has 0 radical (unpaired) electrons. The second-order valence-corrected chi connectivity index (χ2v) is 6.71.